The highest BCUT2D eigenvalue weighted by atomic mass is 35.5. The van der Waals surface area contributed by atoms with Crippen LogP contribution < -0.4 is 5.32 Å². The van der Waals surface area contributed by atoms with Crippen LogP contribution in [0.5, 0.6) is 0 Å². The summed E-state index contributed by atoms with van der Waals surface area (Å²) >= 11 is 11.9. The van der Waals surface area contributed by atoms with E-state index in [0.29, 0.717) is 16.7 Å². The van der Waals surface area contributed by atoms with Crippen LogP contribution in [-0.2, 0) is 17.9 Å². The van der Waals surface area contributed by atoms with Gasteiger partial charge in [0.1, 0.15) is 0 Å². The Balaban J connectivity index is 1.98. The maximum atomic E-state index is 5.95. The predicted molar refractivity (Wildman–Crippen MR) is 80.9 cm³/mol. The van der Waals surface area contributed by atoms with Gasteiger partial charge in [0.25, 0.3) is 0 Å². The van der Waals surface area contributed by atoms with Gasteiger partial charge < -0.3 is 10.1 Å². The Morgan fingerprint density at radius 1 is 0.947 bits per heavy atom. The molecule has 1 N–H and O–H groups in total. The predicted octanol–water partition coefficient (Wildman–Crippen LogP) is 4.75. The summed E-state index contributed by atoms with van der Waals surface area (Å²) < 4.78 is 5.08. The maximum absolute atomic E-state index is 5.95. The first-order valence-corrected chi connectivity index (χ1v) is 6.69. The normalized spacial score (nSPS) is 10.5. The fourth-order valence-corrected chi connectivity index (χ4v) is 2.31. The molecule has 0 atom stereocenters. The lowest BCUT2D eigenvalue weighted by Crippen LogP contribution is -1.99. The van der Waals surface area contributed by atoms with Gasteiger partial charge in [-0.3, -0.25) is 0 Å². The Morgan fingerprint density at radius 3 is 2.11 bits per heavy atom. The number of hydrogen-bond donors (Lipinski definition) is 1. The van der Waals surface area contributed by atoms with Gasteiger partial charge >= 0.3 is 0 Å². The first kappa shape index (κ1) is 14.2. The third-order valence-corrected chi connectivity index (χ3v) is 3.13. The number of ether oxygens (including phenoxy) is 1. The van der Waals surface area contributed by atoms with E-state index in [4.69, 9.17) is 27.9 Å². The average Bonchev–Trinajstić information content (AvgIpc) is 2.37. The number of methoxy groups -OCH3 is 1. The Morgan fingerprint density at radius 2 is 1.53 bits per heavy atom. The molecule has 0 aliphatic carbocycles. The van der Waals surface area contributed by atoms with Crippen molar-refractivity contribution < 1.29 is 4.74 Å². The molecule has 4 heteroatoms. The number of rotatable bonds is 5. The fraction of sp³-hybridized carbons (Fsp3) is 0.200. The number of halogens is 2. The summed E-state index contributed by atoms with van der Waals surface area (Å²) in [5.41, 5.74) is 3.27. The van der Waals surface area contributed by atoms with Crippen LogP contribution in [0, 0.1) is 0 Å². The topological polar surface area (TPSA) is 21.3 Å². The second-order valence-corrected chi connectivity index (χ2v) is 5.13. The molecule has 19 heavy (non-hydrogen) atoms. The monoisotopic (exact) mass is 295 g/mol. The number of benzene rings is 2. The van der Waals surface area contributed by atoms with Gasteiger partial charge in [0.05, 0.1) is 6.61 Å². The third-order valence-electron chi connectivity index (χ3n) is 2.69. The molecule has 2 nitrogen and oxygen atoms in total. The van der Waals surface area contributed by atoms with Crippen LogP contribution in [-0.4, -0.2) is 7.11 Å². The molecule has 0 spiro atoms. The van der Waals surface area contributed by atoms with Crippen molar-refractivity contribution in [3.63, 3.8) is 0 Å². The van der Waals surface area contributed by atoms with Crippen LogP contribution in [0.1, 0.15) is 11.1 Å². The average molecular weight is 296 g/mol. The van der Waals surface area contributed by atoms with Crippen molar-refractivity contribution in [2.24, 2.45) is 0 Å². The van der Waals surface area contributed by atoms with Gasteiger partial charge in [-0.25, -0.2) is 0 Å². The largest absolute Gasteiger partial charge is 0.381 e. The van der Waals surface area contributed by atoms with Crippen LogP contribution in [0.15, 0.2) is 42.5 Å². The van der Waals surface area contributed by atoms with Gasteiger partial charge in [0, 0.05) is 29.4 Å². The molecule has 100 valence electrons. The molecule has 0 aliphatic rings. The van der Waals surface area contributed by atoms with Gasteiger partial charge in [-0.05, 0) is 29.3 Å². The quantitative estimate of drug-likeness (QED) is 0.859. The van der Waals surface area contributed by atoms with E-state index >= 15 is 0 Å². The molecule has 2 aromatic carbocycles. The fourth-order valence-electron chi connectivity index (χ4n) is 1.78. The second kappa shape index (κ2) is 6.80. The van der Waals surface area contributed by atoms with E-state index in [1.807, 2.05) is 12.1 Å². The molecule has 0 radical (unpaired) electrons. The lowest BCUT2D eigenvalue weighted by molar-refractivity contribution is 0.185. The van der Waals surface area contributed by atoms with Crippen molar-refractivity contribution in [3.8, 4) is 0 Å². The molecule has 0 bridgehead atoms. The Hall–Kier alpha value is -1.22. The zero-order valence-electron chi connectivity index (χ0n) is 10.6. The molecular weight excluding hydrogens is 281 g/mol. The summed E-state index contributed by atoms with van der Waals surface area (Å²) in [4.78, 5) is 0. The Kier molecular flexibility index (Phi) is 5.08. The zero-order chi connectivity index (χ0) is 13.7. The highest BCUT2D eigenvalue weighted by molar-refractivity contribution is 6.35. The van der Waals surface area contributed by atoms with Crippen LogP contribution in [0.3, 0.4) is 0 Å². The minimum Gasteiger partial charge on any atom is -0.381 e. The molecule has 0 aromatic heterocycles. The highest BCUT2D eigenvalue weighted by Gasteiger charge is 1.99. The molecular formula is C15H15Cl2NO. The van der Waals surface area contributed by atoms with Crippen LogP contribution in [0.2, 0.25) is 10.0 Å². The molecule has 0 unspecified atom stereocenters. The summed E-state index contributed by atoms with van der Waals surface area (Å²) in [7, 11) is 1.69. The lowest BCUT2D eigenvalue weighted by Gasteiger charge is -2.08. The van der Waals surface area contributed by atoms with Gasteiger partial charge in [-0.1, -0.05) is 47.5 Å². The van der Waals surface area contributed by atoms with Gasteiger partial charge in [0.15, 0.2) is 0 Å². The smallest absolute Gasteiger partial charge is 0.0713 e. The van der Waals surface area contributed by atoms with E-state index in [9.17, 15) is 0 Å². The van der Waals surface area contributed by atoms with Gasteiger partial charge in [-0.2, -0.15) is 0 Å². The van der Waals surface area contributed by atoms with Crippen molar-refractivity contribution >= 4 is 28.9 Å². The van der Waals surface area contributed by atoms with E-state index in [2.05, 4.69) is 29.6 Å². The minimum absolute atomic E-state index is 0.630. The summed E-state index contributed by atoms with van der Waals surface area (Å²) in [5, 5.41) is 4.55. The van der Waals surface area contributed by atoms with Crippen molar-refractivity contribution in [1.82, 2.24) is 0 Å². The third kappa shape index (κ3) is 4.43. The van der Waals surface area contributed by atoms with Gasteiger partial charge in [-0.15, -0.1) is 0 Å². The van der Waals surface area contributed by atoms with Crippen LogP contribution in [0.4, 0.5) is 5.69 Å². The zero-order valence-corrected chi connectivity index (χ0v) is 12.1. The molecule has 2 rings (SSSR count). The summed E-state index contributed by atoms with van der Waals surface area (Å²) in [6, 6.07) is 13.7. The van der Waals surface area contributed by atoms with Crippen molar-refractivity contribution in [2.75, 3.05) is 12.4 Å². The maximum Gasteiger partial charge on any atom is 0.0713 e. The van der Waals surface area contributed by atoms with Crippen molar-refractivity contribution in [3.05, 3.63) is 63.6 Å². The van der Waals surface area contributed by atoms with Crippen molar-refractivity contribution in [1.29, 1.82) is 0 Å². The van der Waals surface area contributed by atoms with E-state index < -0.39 is 0 Å². The standard InChI is InChI=1S/C15H15Cl2NO/c1-19-10-12-4-2-11(3-5-12)9-18-15-7-13(16)6-14(17)8-15/h2-8,18H,9-10H2,1H3. The Bertz CT molecular complexity index is 520. The second-order valence-electron chi connectivity index (χ2n) is 4.26. The van der Waals surface area contributed by atoms with E-state index in [1.165, 1.54) is 5.56 Å². The molecule has 2 aromatic rings. The van der Waals surface area contributed by atoms with Crippen LogP contribution >= 0.6 is 23.2 Å². The summed E-state index contributed by atoms with van der Waals surface area (Å²) in [6.45, 7) is 1.36. The lowest BCUT2D eigenvalue weighted by atomic mass is 10.1. The Labute approximate surface area is 123 Å². The highest BCUT2D eigenvalue weighted by Crippen LogP contribution is 2.22. The number of anilines is 1. The minimum atomic E-state index is 0.630. The molecule has 0 aliphatic heterocycles. The van der Waals surface area contributed by atoms with Gasteiger partial charge in [0.2, 0.25) is 0 Å². The summed E-state index contributed by atoms with van der Waals surface area (Å²) in [5.74, 6) is 0. The van der Waals surface area contributed by atoms with E-state index in [0.717, 1.165) is 17.8 Å². The summed E-state index contributed by atoms with van der Waals surface area (Å²) in [6.07, 6.45) is 0. The van der Waals surface area contributed by atoms with E-state index in [-0.39, 0.29) is 0 Å². The van der Waals surface area contributed by atoms with E-state index in [1.54, 1.807) is 13.2 Å². The molecule has 0 saturated carbocycles. The molecule has 0 saturated heterocycles. The number of nitrogens with one attached hydrogen (secondary N) is 1. The first-order chi connectivity index (χ1) is 9.17. The molecule has 0 fully saturated rings. The van der Waals surface area contributed by atoms with Crippen molar-refractivity contribution in [2.45, 2.75) is 13.2 Å². The van der Waals surface area contributed by atoms with Crippen LogP contribution in [0.25, 0.3) is 0 Å². The molecule has 0 amide bonds. The molecule has 0 heterocycles. The SMILES string of the molecule is COCc1ccc(CNc2cc(Cl)cc(Cl)c2)cc1. The first-order valence-electron chi connectivity index (χ1n) is 5.94. The number of hydrogen-bond acceptors (Lipinski definition) is 2.